The van der Waals surface area contributed by atoms with Gasteiger partial charge in [0.15, 0.2) is 5.82 Å². The number of ether oxygens (including phenoxy) is 1. The number of hydrogen-bond donors (Lipinski definition) is 1. The van der Waals surface area contributed by atoms with E-state index in [4.69, 9.17) is 9.72 Å². The van der Waals surface area contributed by atoms with Crippen molar-refractivity contribution in [1.82, 2.24) is 9.97 Å². The molecular weight excluding hydrogens is 226 g/mol. The topological polar surface area (TPSA) is 47.0 Å². The van der Waals surface area contributed by atoms with Crippen LogP contribution in [0.2, 0.25) is 0 Å². The highest BCUT2D eigenvalue weighted by Gasteiger charge is 2.35. The Morgan fingerprint density at radius 2 is 2.11 bits per heavy atom. The zero-order chi connectivity index (χ0) is 12.5. The van der Waals surface area contributed by atoms with Crippen LogP contribution >= 0.6 is 0 Å². The number of aromatic nitrogens is 2. The number of anilines is 1. The molecule has 1 unspecified atom stereocenters. The van der Waals surface area contributed by atoms with Crippen LogP contribution in [-0.2, 0) is 4.74 Å². The maximum Gasteiger partial charge on any atom is 0.160 e. The molecule has 0 aliphatic heterocycles. The van der Waals surface area contributed by atoms with E-state index >= 15 is 0 Å². The number of hydrogen-bond acceptors (Lipinski definition) is 4. The Kier molecular flexibility index (Phi) is 3.20. The van der Waals surface area contributed by atoms with Crippen LogP contribution in [-0.4, -0.2) is 23.6 Å². The Balaban J connectivity index is 1.90. The lowest BCUT2D eigenvalue weighted by molar-refractivity contribution is 0.0771. The lowest BCUT2D eigenvalue weighted by Gasteiger charge is -2.15. The van der Waals surface area contributed by atoms with Gasteiger partial charge in [-0.25, -0.2) is 9.97 Å². The van der Waals surface area contributed by atoms with Gasteiger partial charge in [0.2, 0.25) is 0 Å². The van der Waals surface area contributed by atoms with Crippen LogP contribution in [0.1, 0.15) is 56.1 Å². The summed E-state index contributed by atoms with van der Waals surface area (Å²) in [4.78, 5) is 9.35. The second-order valence-corrected chi connectivity index (χ2v) is 5.33. The van der Waals surface area contributed by atoms with Crippen molar-refractivity contribution < 1.29 is 4.74 Å². The maximum atomic E-state index is 5.60. The molecule has 1 atom stereocenters. The molecular formula is C14H21N3O. The minimum Gasteiger partial charge on any atom is -0.373 e. The molecule has 1 aromatic rings. The van der Waals surface area contributed by atoms with E-state index in [2.05, 4.69) is 23.3 Å². The van der Waals surface area contributed by atoms with E-state index in [0.717, 1.165) is 18.2 Å². The van der Waals surface area contributed by atoms with Crippen LogP contribution in [0.5, 0.6) is 0 Å². The van der Waals surface area contributed by atoms with E-state index in [0.29, 0.717) is 11.8 Å². The van der Waals surface area contributed by atoms with Crippen molar-refractivity contribution in [3.05, 3.63) is 17.6 Å². The van der Waals surface area contributed by atoms with Gasteiger partial charge in [-0.05, 0) is 38.5 Å². The zero-order valence-electron chi connectivity index (χ0n) is 11.1. The normalized spacial score (nSPS) is 20.8. The van der Waals surface area contributed by atoms with E-state index in [1.807, 2.05) is 0 Å². The minimum absolute atomic E-state index is 0.0844. The fraction of sp³-hybridized carbons (Fsp3) is 0.714. The highest BCUT2D eigenvalue weighted by atomic mass is 16.5. The van der Waals surface area contributed by atoms with Crippen LogP contribution in [0.15, 0.2) is 6.07 Å². The van der Waals surface area contributed by atoms with Gasteiger partial charge in [-0.1, -0.05) is 0 Å². The third-order valence-electron chi connectivity index (χ3n) is 3.68. The summed E-state index contributed by atoms with van der Waals surface area (Å²) in [7, 11) is 1.77. The summed E-state index contributed by atoms with van der Waals surface area (Å²) in [5, 5.41) is 3.30. The third-order valence-corrected chi connectivity index (χ3v) is 3.68. The van der Waals surface area contributed by atoms with Crippen LogP contribution < -0.4 is 5.32 Å². The summed E-state index contributed by atoms with van der Waals surface area (Å²) in [6, 6.07) is 2.10. The molecule has 1 heterocycles. The predicted molar refractivity (Wildman–Crippen MR) is 70.6 cm³/mol. The maximum absolute atomic E-state index is 5.60. The van der Waals surface area contributed by atoms with Gasteiger partial charge >= 0.3 is 0 Å². The van der Waals surface area contributed by atoms with Gasteiger partial charge in [-0.15, -0.1) is 0 Å². The Labute approximate surface area is 108 Å². The largest absolute Gasteiger partial charge is 0.373 e. The van der Waals surface area contributed by atoms with E-state index in [-0.39, 0.29) is 6.10 Å². The van der Waals surface area contributed by atoms with E-state index in [1.165, 1.54) is 31.4 Å². The van der Waals surface area contributed by atoms with E-state index < -0.39 is 0 Å². The fourth-order valence-electron chi connectivity index (χ4n) is 2.38. The lowest BCUT2D eigenvalue weighted by Crippen LogP contribution is -2.12. The number of nitrogens with one attached hydrogen (secondary N) is 1. The molecule has 0 radical (unpaired) electrons. The Morgan fingerprint density at radius 3 is 2.67 bits per heavy atom. The summed E-state index contributed by atoms with van der Waals surface area (Å²) >= 11 is 0. The fourth-order valence-corrected chi connectivity index (χ4v) is 2.38. The van der Waals surface area contributed by atoms with Crippen LogP contribution in [0.3, 0.4) is 0 Å². The molecule has 3 rings (SSSR count). The lowest BCUT2D eigenvalue weighted by atomic mass is 10.2. The molecule has 2 aliphatic rings. The molecule has 2 fully saturated rings. The predicted octanol–water partition coefficient (Wildman–Crippen LogP) is 2.88. The van der Waals surface area contributed by atoms with Crippen molar-refractivity contribution in [2.24, 2.45) is 5.92 Å². The van der Waals surface area contributed by atoms with Gasteiger partial charge in [0.1, 0.15) is 11.9 Å². The van der Waals surface area contributed by atoms with Crippen molar-refractivity contribution in [1.29, 1.82) is 0 Å². The summed E-state index contributed by atoms with van der Waals surface area (Å²) in [6.07, 6.45) is 5.10. The standard InChI is InChI=1S/C14H21N3O/c1-3-15-12-8-11(9-4-5-9)16-14(17-12)13(18-2)10-6-7-10/h8-10,13H,3-7H2,1-2H3,(H,15,16,17). The number of methoxy groups -OCH3 is 1. The Bertz CT molecular complexity index is 427. The minimum atomic E-state index is 0.0844. The highest BCUT2D eigenvalue weighted by Crippen LogP contribution is 2.44. The van der Waals surface area contributed by atoms with Gasteiger partial charge in [0, 0.05) is 31.3 Å². The zero-order valence-corrected chi connectivity index (χ0v) is 11.1. The molecule has 0 bridgehead atoms. The van der Waals surface area contributed by atoms with Crippen molar-refractivity contribution in [2.75, 3.05) is 19.0 Å². The molecule has 4 nitrogen and oxygen atoms in total. The van der Waals surface area contributed by atoms with E-state index in [1.54, 1.807) is 7.11 Å². The summed E-state index contributed by atoms with van der Waals surface area (Å²) in [5.41, 5.74) is 1.19. The molecule has 0 spiro atoms. The molecule has 1 N–H and O–H groups in total. The van der Waals surface area contributed by atoms with Crippen molar-refractivity contribution in [3.63, 3.8) is 0 Å². The van der Waals surface area contributed by atoms with Crippen molar-refractivity contribution >= 4 is 5.82 Å². The van der Waals surface area contributed by atoms with Gasteiger partial charge < -0.3 is 10.1 Å². The molecule has 0 saturated heterocycles. The quantitative estimate of drug-likeness (QED) is 0.839. The Hall–Kier alpha value is -1.16. The number of rotatable bonds is 6. The molecule has 4 heteroatoms. The third kappa shape index (κ3) is 2.48. The molecule has 98 valence electrons. The molecule has 1 aromatic heterocycles. The van der Waals surface area contributed by atoms with E-state index in [9.17, 15) is 0 Å². The second kappa shape index (κ2) is 4.84. The summed E-state index contributed by atoms with van der Waals surface area (Å²) in [6.45, 7) is 2.98. The first-order chi connectivity index (χ1) is 8.81. The molecule has 0 aromatic carbocycles. The van der Waals surface area contributed by atoms with Crippen molar-refractivity contribution in [3.8, 4) is 0 Å². The van der Waals surface area contributed by atoms with Gasteiger partial charge in [-0.2, -0.15) is 0 Å². The van der Waals surface area contributed by atoms with Crippen LogP contribution in [0.25, 0.3) is 0 Å². The van der Waals surface area contributed by atoms with Gasteiger partial charge in [-0.3, -0.25) is 0 Å². The SMILES string of the molecule is CCNc1cc(C2CC2)nc(C(OC)C2CC2)n1. The first-order valence-electron chi connectivity index (χ1n) is 6.97. The molecule has 2 saturated carbocycles. The monoisotopic (exact) mass is 247 g/mol. The smallest absolute Gasteiger partial charge is 0.160 e. The average Bonchev–Trinajstić information content (AvgIpc) is 3.24. The second-order valence-electron chi connectivity index (χ2n) is 5.33. The molecule has 18 heavy (non-hydrogen) atoms. The first kappa shape index (κ1) is 11.9. The summed E-state index contributed by atoms with van der Waals surface area (Å²) < 4.78 is 5.60. The van der Waals surface area contributed by atoms with Gasteiger partial charge in [0.25, 0.3) is 0 Å². The van der Waals surface area contributed by atoms with Crippen molar-refractivity contribution in [2.45, 2.75) is 44.6 Å². The molecule has 0 amide bonds. The van der Waals surface area contributed by atoms with Crippen LogP contribution in [0.4, 0.5) is 5.82 Å². The van der Waals surface area contributed by atoms with Gasteiger partial charge in [0.05, 0.1) is 0 Å². The molecule has 2 aliphatic carbocycles. The van der Waals surface area contributed by atoms with Crippen LogP contribution in [0, 0.1) is 5.92 Å². The first-order valence-corrected chi connectivity index (χ1v) is 6.97. The average molecular weight is 247 g/mol. The Morgan fingerprint density at radius 1 is 1.33 bits per heavy atom. The highest BCUT2D eigenvalue weighted by molar-refractivity contribution is 5.38. The summed E-state index contributed by atoms with van der Waals surface area (Å²) in [5.74, 6) is 3.10. The number of nitrogens with zero attached hydrogens (tertiary/aromatic N) is 2.